The number of nitrogens with one attached hydrogen (secondary N) is 1. The van der Waals surface area contributed by atoms with Crippen molar-refractivity contribution < 1.29 is 14.6 Å². The van der Waals surface area contributed by atoms with Gasteiger partial charge >= 0.3 is 0 Å². The minimum atomic E-state index is -0.0150. The number of carbonyl (C=O) groups is 1. The van der Waals surface area contributed by atoms with Gasteiger partial charge < -0.3 is 20.1 Å². The number of methoxy groups -OCH3 is 1. The summed E-state index contributed by atoms with van der Waals surface area (Å²) in [5.74, 6) is 1.56. The lowest BCUT2D eigenvalue weighted by Gasteiger charge is -2.40. The van der Waals surface area contributed by atoms with Gasteiger partial charge in [0.25, 0.3) is 0 Å². The Labute approximate surface area is 184 Å². The summed E-state index contributed by atoms with van der Waals surface area (Å²) in [5.41, 5.74) is 4.34. The molecule has 1 saturated carbocycles. The van der Waals surface area contributed by atoms with E-state index in [-0.39, 0.29) is 30.5 Å². The van der Waals surface area contributed by atoms with Gasteiger partial charge in [0.2, 0.25) is 5.91 Å². The van der Waals surface area contributed by atoms with Crippen molar-refractivity contribution in [3.05, 3.63) is 48.0 Å². The number of aliphatic hydroxyl groups is 1. The fraction of sp³-hybridized carbons (Fsp3) is 0.500. The average Bonchev–Trinajstić information content (AvgIpc) is 3.29. The zero-order valence-electron chi connectivity index (χ0n) is 18.2. The average molecular weight is 421 g/mol. The molecule has 3 atom stereocenters. The van der Waals surface area contributed by atoms with Crippen LogP contribution in [0.4, 0.5) is 5.69 Å². The third-order valence-corrected chi connectivity index (χ3v) is 7.52. The van der Waals surface area contributed by atoms with Crippen molar-refractivity contribution >= 4 is 11.6 Å². The largest absolute Gasteiger partial charge is 0.496 e. The molecule has 5 heteroatoms. The fourth-order valence-corrected chi connectivity index (χ4v) is 5.94. The number of hydrogen-bond acceptors (Lipinski definition) is 4. The lowest BCUT2D eigenvalue weighted by Crippen LogP contribution is -2.44. The first-order chi connectivity index (χ1) is 15.2. The molecule has 2 heterocycles. The Morgan fingerprint density at radius 3 is 2.71 bits per heavy atom. The van der Waals surface area contributed by atoms with E-state index < -0.39 is 0 Å². The molecule has 2 aromatic carbocycles. The Hall–Kier alpha value is -2.53. The lowest BCUT2D eigenvalue weighted by atomic mass is 9.81. The monoisotopic (exact) mass is 420 g/mol. The number of hydrogen-bond donors (Lipinski definition) is 2. The van der Waals surface area contributed by atoms with Gasteiger partial charge in [-0.25, -0.2) is 0 Å². The Kier molecular flexibility index (Phi) is 5.61. The number of likely N-dealkylation sites (tertiary alicyclic amines) is 1. The number of fused-ring (bicyclic) bond motifs is 3. The smallest absolute Gasteiger partial charge is 0.226 e. The molecule has 1 aliphatic carbocycles. The summed E-state index contributed by atoms with van der Waals surface area (Å²) in [6, 6.07) is 14.5. The van der Waals surface area contributed by atoms with Gasteiger partial charge in [-0.1, -0.05) is 43.5 Å². The second-order valence-corrected chi connectivity index (χ2v) is 9.20. The normalized spacial score (nSPS) is 25.5. The van der Waals surface area contributed by atoms with Crippen LogP contribution in [-0.4, -0.2) is 42.2 Å². The molecule has 31 heavy (non-hydrogen) atoms. The van der Waals surface area contributed by atoms with E-state index in [0.29, 0.717) is 5.91 Å². The van der Waals surface area contributed by atoms with Gasteiger partial charge in [-0.2, -0.15) is 0 Å². The number of benzene rings is 2. The maximum Gasteiger partial charge on any atom is 0.226 e. The van der Waals surface area contributed by atoms with Crippen LogP contribution in [0.5, 0.6) is 5.75 Å². The minimum Gasteiger partial charge on any atom is -0.496 e. The van der Waals surface area contributed by atoms with Gasteiger partial charge in [-0.3, -0.25) is 4.79 Å². The summed E-state index contributed by atoms with van der Waals surface area (Å²) in [4.78, 5) is 15.7. The van der Waals surface area contributed by atoms with Gasteiger partial charge in [0, 0.05) is 29.6 Å². The van der Waals surface area contributed by atoms with Crippen molar-refractivity contribution in [1.29, 1.82) is 0 Å². The lowest BCUT2D eigenvalue weighted by molar-refractivity contribution is -0.138. The van der Waals surface area contributed by atoms with Crippen LogP contribution >= 0.6 is 0 Å². The predicted molar refractivity (Wildman–Crippen MR) is 122 cm³/mol. The van der Waals surface area contributed by atoms with Crippen molar-refractivity contribution in [3.8, 4) is 16.9 Å². The summed E-state index contributed by atoms with van der Waals surface area (Å²) >= 11 is 0. The Morgan fingerprint density at radius 1 is 1.13 bits per heavy atom. The van der Waals surface area contributed by atoms with Crippen LogP contribution in [0.2, 0.25) is 0 Å². The van der Waals surface area contributed by atoms with Gasteiger partial charge in [0.1, 0.15) is 5.75 Å². The van der Waals surface area contributed by atoms with E-state index in [9.17, 15) is 9.90 Å². The second-order valence-electron chi connectivity index (χ2n) is 9.20. The van der Waals surface area contributed by atoms with Gasteiger partial charge in [0.15, 0.2) is 0 Å². The van der Waals surface area contributed by atoms with Crippen LogP contribution in [0, 0.1) is 11.8 Å². The molecule has 0 unspecified atom stereocenters. The van der Waals surface area contributed by atoms with E-state index in [1.165, 1.54) is 12.0 Å². The number of aliphatic hydroxyl groups excluding tert-OH is 1. The molecule has 2 N–H and O–H groups in total. The van der Waals surface area contributed by atoms with Crippen LogP contribution in [-0.2, 0) is 4.79 Å². The van der Waals surface area contributed by atoms with Crippen molar-refractivity contribution in [2.24, 2.45) is 11.8 Å². The van der Waals surface area contributed by atoms with Crippen molar-refractivity contribution in [2.45, 2.75) is 50.6 Å². The standard InChI is InChI=1S/C26H32N2O3/c1-31-24-10-6-5-9-19(24)18-11-12-22-21(15-18)25-20(23(16-29)27-22)13-14-28(25)26(30)17-7-3-2-4-8-17/h5-6,9-12,15,17,20,23,25,27,29H,2-4,7-8,13-14,16H2,1H3/t20-,23-,25-/m1/s1. The summed E-state index contributed by atoms with van der Waals surface area (Å²) in [5, 5.41) is 13.6. The number of ether oxygens (including phenoxy) is 1. The molecule has 5 rings (SSSR count). The third-order valence-electron chi connectivity index (χ3n) is 7.52. The van der Waals surface area contributed by atoms with Crippen molar-refractivity contribution in [2.75, 3.05) is 25.6 Å². The molecule has 0 spiro atoms. The maximum absolute atomic E-state index is 13.5. The van der Waals surface area contributed by atoms with Crippen molar-refractivity contribution in [1.82, 2.24) is 4.90 Å². The molecule has 1 amide bonds. The highest BCUT2D eigenvalue weighted by atomic mass is 16.5. The number of nitrogens with zero attached hydrogens (tertiary/aromatic N) is 1. The first-order valence-corrected chi connectivity index (χ1v) is 11.7. The maximum atomic E-state index is 13.5. The quantitative estimate of drug-likeness (QED) is 0.758. The Balaban J connectivity index is 1.54. The minimum absolute atomic E-state index is 0.0150. The Bertz CT molecular complexity index is 953. The second kappa shape index (κ2) is 8.54. The van der Waals surface area contributed by atoms with E-state index in [1.54, 1.807) is 7.11 Å². The van der Waals surface area contributed by atoms with Crippen LogP contribution in [0.25, 0.3) is 11.1 Å². The highest BCUT2D eigenvalue weighted by molar-refractivity contribution is 5.81. The van der Waals surface area contributed by atoms with E-state index in [1.807, 2.05) is 18.2 Å². The predicted octanol–water partition coefficient (Wildman–Crippen LogP) is 4.62. The number of amides is 1. The molecule has 0 bridgehead atoms. The molecule has 0 radical (unpaired) electrons. The summed E-state index contributed by atoms with van der Waals surface area (Å²) in [6.07, 6.45) is 6.53. The van der Waals surface area contributed by atoms with E-state index in [0.717, 1.165) is 61.2 Å². The molecule has 0 aromatic heterocycles. The highest BCUT2D eigenvalue weighted by Gasteiger charge is 2.46. The van der Waals surface area contributed by atoms with Gasteiger partial charge in [0.05, 0.1) is 25.8 Å². The van der Waals surface area contributed by atoms with Crippen LogP contribution < -0.4 is 10.1 Å². The van der Waals surface area contributed by atoms with Crippen LogP contribution in [0.15, 0.2) is 42.5 Å². The fourth-order valence-electron chi connectivity index (χ4n) is 5.94. The van der Waals surface area contributed by atoms with Gasteiger partial charge in [-0.15, -0.1) is 0 Å². The van der Waals surface area contributed by atoms with E-state index >= 15 is 0 Å². The molecule has 2 aliphatic heterocycles. The summed E-state index contributed by atoms with van der Waals surface area (Å²) in [7, 11) is 1.70. The topological polar surface area (TPSA) is 61.8 Å². The highest BCUT2D eigenvalue weighted by Crippen LogP contribution is 2.48. The molecular formula is C26H32N2O3. The van der Waals surface area contributed by atoms with E-state index in [4.69, 9.17) is 4.74 Å². The number of rotatable bonds is 4. The number of anilines is 1. The summed E-state index contributed by atoms with van der Waals surface area (Å²) in [6.45, 7) is 0.863. The molecule has 5 nitrogen and oxygen atoms in total. The number of para-hydroxylation sites is 1. The van der Waals surface area contributed by atoms with Gasteiger partial charge in [-0.05, 0) is 48.6 Å². The molecule has 2 fully saturated rings. The first kappa shape index (κ1) is 20.4. The van der Waals surface area contributed by atoms with Crippen molar-refractivity contribution in [3.63, 3.8) is 0 Å². The number of carbonyl (C=O) groups excluding carboxylic acids is 1. The zero-order valence-corrected chi connectivity index (χ0v) is 18.2. The third kappa shape index (κ3) is 3.59. The van der Waals surface area contributed by atoms with E-state index in [2.05, 4.69) is 34.5 Å². The zero-order chi connectivity index (χ0) is 21.4. The van der Waals surface area contributed by atoms with Crippen LogP contribution in [0.3, 0.4) is 0 Å². The van der Waals surface area contributed by atoms with Crippen LogP contribution in [0.1, 0.15) is 50.1 Å². The molecule has 3 aliphatic rings. The Morgan fingerprint density at radius 2 is 1.94 bits per heavy atom. The first-order valence-electron chi connectivity index (χ1n) is 11.7. The molecular weight excluding hydrogens is 388 g/mol. The summed E-state index contributed by atoms with van der Waals surface area (Å²) < 4.78 is 5.59. The molecule has 164 valence electrons. The molecule has 2 aromatic rings. The SMILES string of the molecule is COc1ccccc1-c1ccc2c(c1)[C@H]1[C@H](CCN1C(=O)C1CCCCC1)[C@@H](CO)N2. The molecule has 1 saturated heterocycles.